The van der Waals surface area contributed by atoms with E-state index in [1.807, 2.05) is 23.6 Å². The highest BCUT2D eigenvalue weighted by atomic mass is 32.2. The molecule has 2 saturated heterocycles. The van der Waals surface area contributed by atoms with Crippen LogP contribution in [0.15, 0.2) is 22.4 Å². The van der Waals surface area contributed by atoms with Crippen molar-refractivity contribution in [2.45, 2.75) is 12.5 Å². The summed E-state index contributed by atoms with van der Waals surface area (Å²) in [5, 5.41) is 1.94. The van der Waals surface area contributed by atoms with Crippen LogP contribution in [0.1, 0.15) is 11.3 Å². The lowest BCUT2D eigenvalue weighted by atomic mass is 10.2. The van der Waals surface area contributed by atoms with Gasteiger partial charge in [-0.25, -0.2) is 8.42 Å². The average molecular weight is 345 g/mol. The number of amides is 1. The lowest BCUT2D eigenvalue weighted by Gasteiger charge is -2.20. The molecule has 1 aromatic rings. The predicted octanol–water partition coefficient (Wildman–Crippen LogP) is 2.14. The molecule has 1 aromatic heterocycles. The van der Waals surface area contributed by atoms with E-state index in [9.17, 15) is 13.2 Å². The van der Waals surface area contributed by atoms with E-state index in [2.05, 4.69) is 0 Å². The van der Waals surface area contributed by atoms with Crippen molar-refractivity contribution in [2.24, 2.45) is 0 Å². The molecule has 106 valence electrons. The van der Waals surface area contributed by atoms with E-state index < -0.39 is 9.84 Å². The Morgan fingerprint density at radius 3 is 2.85 bits per heavy atom. The fraction of sp³-hybridized carbons (Fsp3) is 0.333. The fourth-order valence-electron chi connectivity index (χ4n) is 2.28. The van der Waals surface area contributed by atoms with Gasteiger partial charge in [-0.2, -0.15) is 0 Å². The largest absolute Gasteiger partial charge is 0.289 e. The number of thioether (sulfide) groups is 1. The van der Waals surface area contributed by atoms with Crippen LogP contribution in [-0.2, 0) is 14.6 Å². The Morgan fingerprint density at radius 1 is 1.45 bits per heavy atom. The maximum atomic E-state index is 12.4. The van der Waals surface area contributed by atoms with Gasteiger partial charge in [0.2, 0.25) is 0 Å². The van der Waals surface area contributed by atoms with Crippen LogP contribution in [0.4, 0.5) is 0 Å². The first-order valence-corrected chi connectivity index (χ1v) is 9.90. The van der Waals surface area contributed by atoms with Gasteiger partial charge in [0.05, 0.1) is 22.5 Å². The number of thiophene rings is 1. The number of rotatable bonds is 2. The van der Waals surface area contributed by atoms with Gasteiger partial charge in [-0.3, -0.25) is 9.69 Å². The molecule has 4 nitrogen and oxygen atoms in total. The van der Waals surface area contributed by atoms with Crippen LogP contribution in [0.2, 0.25) is 0 Å². The Labute approximate surface area is 130 Å². The molecule has 20 heavy (non-hydrogen) atoms. The van der Waals surface area contributed by atoms with Crippen molar-refractivity contribution < 1.29 is 13.2 Å². The summed E-state index contributed by atoms with van der Waals surface area (Å²) in [6.45, 7) is 0. The maximum absolute atomic E-state index is 12.4. The fourth-order valence-corrected chi connectivity index (χ4v) is 6.10. The van der Waals surface area contributed by atoms with Crippen molar-refractivity contribution in [1.82, 2.24) is 4.90 Å². The molecule has 2 fully saturated rings. The molecule has 3 rings (SSSR count). The minimum Gasteiger partial charge on any atom is -0.289 e. The van der Waals surface area contributed by atoms with Gasteiger partial charge in [0.1, 0.15) is 4.32 Å². The SMILES string of the molecule is O=C1/C(=C\c2cccs2)SC(=S)N1[C@@H]1CCS(=O)(=O)C1. The zero-order valence-electron chi connectivity index (χ0n) is 10.3. The number of hydrogen-bond acceptors (Lipinski definition) is 6. The lowest BCUT2D eigenvalue weighted by Crippen LogP contribution is -2.39. The number of thiocarbonyl (C=S) groups is 1. The monoisotopic (exact) mass is 345 g/mol. The normalized spacial score (nSPS) is 27.7. The summed E-state index contributed by atoms with van der Waals surface area (Å²) < 4.78 is 23.6. The van der Waals surface area contributed by atoms with Crippen LogP contribution in [0.5, 0.6) is 0 Å². The topological polar surface area (TPSA) is 54.5 Å². The second-order valence-corrected chi connectivity index (χ2v) is 9.51. The van der Waals surface area contributed by atoms with Crippen LogP contribution < -0.4 is 0 Å². The Hall–Kier alpha value is -0.700. The summed E-state index contributed by atoms with van der Waals surface area (Å²) in [7, 11) is -3.03. The molecule has 0 N–H and O–H groups in total. The van der Waals surface area contributed by atoms with Gasteiger partial charge in [0.15, 0.2) is 9.84 Å². The van der Waals surface area contributed by atoms with E-state index in [1.165, 1.54) is 16.7 Å². The highest BCUT2D eigenvalue weighted by Gasteiger charge is 2.42. The number of hydrogen-bond donors (Lipinski definition) is 0. The summed E-state index contributed by atoms with van der Waals surface area (Å²) in [5.41, 5.74) is 0. The second kappa shape index (κ2) is 5.25. The van der Waals surface area contributed by atoms with E-state index in [0.717, 1.165) is 4.88 Å². The summed E-state index contributed by atoms with van der Waals surface area (Å²) in [6, 6.07) is 3.54. The Morgan fingerprint density at radius 2 is 2.25 bits per heavy atom. The molecule has 8 heteroatoms. The third-order valence-corrected chi connectivity index (χ3v) is 7.11. The number of nitrogens with zero attached hydrogens (tertiary/aromatic N) is 1. The van der Waals surface area contributed by atoms with Gasteiger partial charge in [0.25, 0.3) is 5.91 Å². The van der Waals surface area contributed by atoms with Crippen LogP contribution >= 0.6 is 35.3 Å². The molecule has 0 aromatic carbocycles. The molecular formula is C12H11NO3S4. The third kappa shape index (κ3) is 2.69. The molecule has 0 saturated carbocycles. The van der Waals surface area contributed by atoms with Crippen LogP contribution in [-0.4, -0.2) is 41.1 Å². The van der Waals surface area contributed by atoms with Crippen molar-refractivity contribution in [2.75, 3.05) is 11.5 Å². The summed E-state index contributed by atoms with van der Waals surface area (Å²) in [5.74, 6) is -0.0137. The molecule has 0 radical (unpaired) electrons. The van der Waals surface area contributed by atoms with E-state index in [-0.39, 0.29) is 23.5 Å². The van der Waals surface area contributed by atoms with Gasteiger partial charge >= 0.3 is 0 Å². The first-order chi connectivity index (χ1) is 9.46. The van der Waals surface area contributed by atoms with Gasteiger partial charge in [-0.15, -0.1) is 11.3 Å². The third-order valence-electron chi connectivity index (χ3n) is 3.21. The zero-order chi connectivity index (χ0) is 14.3. The van der Waals surface area contributed by atoms with Gasteiger partial charge in [0, 0.05) is 4.88 Å². The maximum Gasteiger partial charge on any atom is 0.266 e. The molecular weight excluding hydrogens is 334 g/mol. The molecule has 3 heterocycles. The molecule has 0 unspecified atom stereocenters. The molecule has 1 atom stereocenters. The molecule has 0 bridgehead atoms. The van der Waals surface area contributed by atoms with E-state index in [1.54, 1.807) is 11.3 Å². The van der Waals surface area contributed by atoms with E-state index in [0.29, 0.717) is 15.6 Å². The number of carbonyl (C=O) groups excluding carboxylic acids is 1. The number of carbonyl (C=O) groups is 1. The van der Waals surface area contributed by atoms with Crippen LogP contribution in [0.3, 0.4) is 0 Å². The molecule has 2 aliphatic heterocycles. The smallest absolute Gasteiger partial charge is 0.266 e. The molecule has 2 aliphatic rings. The van der Waals surface area contributed by atoms with Crippen molar-refractivity contribution in [3.05, 3.63) is 27.3 Å². The van der Waals surface area contributed by atoms with Crippen LogP contribution in [0, 0.1) is 0 Å². The second-order valence-electron chi connectivity index (χ2n) is 4.62. The van der Waals surface area contributed by atoms with E-state index >= 15 is 0 Å². The minimum absolute atomic E-state index is 0.0196. The first-order valence-electron chi connectivity index (χ1n) is 5.97. The highest BCUT2D eigenvalue weighted by Crippen LogP contribution is 2.36. The standard InChI is InChI=1S/C12H11NO3S4/c14-11-10(6-9-2-1-4-18-9)19-12(17)13(11)8-3-5-20(15,16)7-8/h1-2,4,6,8H,3,5,7H2/b10-6+/t8-/m1/s1. The minimum atomic E-state index is -3.03. The van der Waals surface area contributed by atoms with Crippen LogP contribution in [0.25, 0.3) is 6.08 Å². The first kappa shape index (κ1) is 14.2. The van der Waals surface area contributed by atoms with Crippen molar-refractivity contribution >= 4 is 61.5 Å². The summed E-state index contributed by atoms with van der Waals surface area (Å²) in [6.07, 6.45) is 2.29. The van der Waals surface area contributed by atoms with Crippen molar-refractivity contribution in [3.8, 4) is 0 Å². The van der Waals surface area contributed by atoms with Gasteiger partial charge in [-0.05, 0) is 23.9 Å². The Balaban J connectivity index is 1.85. The molecule has 1 amide bonds. The quantitative estimate of drug-likeness (QED) is 0.607. The zero-order valence-corrected chi connectivity index (χ0v) is 13.6. The Kier molecular flexibility index (Phi) is 3.74. The number of sulfone groups is 1. The Bertz CT molecular complexity index is 690. The van der Waals surface area contributed by atoms with Crippen molar-refractivity contribution in [1.29, 1.82) is 0 Å². The average Bonchev–Trinajstić information content (AvgIpc) is 3.03. The van der Waals surface area contributed by atoms with Crippen molar-refractivity contribution in [3.63, 3.8) is 0 Å². The summed E-state index contributed by atoms with van der Waals surface area (Å²) in [4.78, 5) is 15.4. The molecule has 0 spiro atoms. The molecule has 0 aliphatic carbocycles. The predicted molar refractivity (Wildman–Crippen MR) is 86.4 cm³/mol. The lowest BCUT2D eigenvalue weighted by molar-refractivity contribution is -0.123. The van der Waals surface area contributed by atoms with Gasteiger partial charge < -0.3 is 0 Å². The van der Waals surface area contributed by atoms with E-state index in [4.69, 9.17) is 12.2 Å². The summed E-state index contributed by atoms with van der Waals surface area (Å²) >= 11 is 8.03. The highest BCUT2D eigenvalue weighted by molar-refractivity contribution is 8.26. The van der Waals surface area contributed by atoms with Gasteiger partial charge in [-0.1, -0.05) is 30.0 Å².